The normalized spacial score (nSPS) is 16.2. The summed E-state index contributed by atoms with van der Waals surface area (Å²) in [6, 6.07) is 16.4. The summed E-state index contributed by atoms with van der Waals surface area (Å²) in [5, 5.41) is 3.46. The van der Waals surface area contributed by atoms with Crippen molar-refractivity contribution in [1.29, 1.82) is 0 Å². The molecule has 1 atom stereocenters. The molecule has 1 N–H and O–H groups in total. The third-order valence-electron chi connectivity index (χ3n) is 5.23. The lowest BCUT2D eigenvalue weighted by Crippen LogP contribution is -2.37. The van der Waals surface area contributed by atoms with Crippen LogP contribution >= 0.6 is 0 Å². The lowest BCUT2D eigenvalue weighted by atomic mass is 9.96. The number of nitrogens with one attached hydrogen (secondary N) is 1. The lowest BCUT2D eigenvalue weighted by molar-refractivity contribution is 0.0730. The minimum absolute atomic E-state index is 0.0236. The highest BCUT2D eigenvalue weighted by atomic mass is 16.2. The molecule has 138 valence electrons. The molecule has 26 heavy (non-hydrogen) atoms. The van der Waals surface area contributed by atoms with E-state index in [2.05, 4.69) is 55.3 Å². The van der Waals surface area contributed by atoms with Gasteiger partial charge in [-0.05, 0) is 37.7 Å². The van der Waals surface area contributed by atoms with Crippen LogP contribution < -0.4 is 5.32 Å². The highest BCUT2D eigenvalue weighted by Crippen LogP contribution is 2.40. The van der Waals surface area contributed by atoms with Crippen LogP contribution in [0.5, 0.6) is 0 Å². The van der Waals surface area contributed by atoms with E-state index in [-0.39, 0.29) is 11.9 Å². The Kier molecular flexibility index (Phi) is 5.94. The van der Waals surface area contributed by atoms with Gasteiger partial charge in [-0.15, -0.1) is 0 Å². The molecule has 3 rings (SSSR count). The molecule has 0 aromatic heterocycles. The molecule has 0 radical (unpaired) electrons. The Bertz CT molecular complexity index is 755. The summed E-state index contributed by atoms with van der Waals surface area (Å²) < 4.78 is 0. The summed E-state index contributed by atoms with van der Waals surface area (Å²) in [4.78, 5) is 17.5. The van der Waals surface area contributed by atoms with E-state index in [0.29, 0.717) is 0 Å². The fraction of sp³-hybridized carbons (Fsp3) is 0.409. The molecule has 0 bridgehead atoms. The van der Waals surface area contributed by atoms with E-state index in [4.69, 9.17) is 0 Å². The predicted molar refractivity (Wildman–Crippen MR) is 108 cm³/mol. The zero-order chi connectivity index (χ0) is 18.5. The van der Waals surface area contributed by atoms with Gasteiger partial charge in [0, 0.05) is 36.4 Å². The molecule has 1 amide bonds. The fourth-order valence-corrected chi connectivity index (χ4v) is 3.81. The Morgan fingerprint density at radius 3 is 2.31 bits per heavy atom. The van der Waals surface area contributed by atoms with E-state index in [1.165, 1.54) is 5.56 Å². The number of rotatable bonds is 8. The van der Waals surface area contributed by atoms with E-state index < -0.39 is 0 Å². The summed E-state index contributed by atoms with van der Waals surface area (Å²) in [7, 11) is 0. The Hall–Kier alpha value is -2.33. The second-order valence-corrected chi connectivity index (χ2v) is 6.63. The van der Waals surface area contributed by atoms with Crippen molar-refractivity contribution in [2.24, 2.45) is 0 Å². The number of amides is 1. The first kappa shape index (κ1) is 18.5. The Morgan fingerprint density at radius 2 is 1.62 bits per heavy atom. The van der Waals surface area contributed by atoms with Crippen molar-refractivity contribution in [2.75, 3.05) is 38.0 Å². The summed E-state index contributed by atoms with van der Waals surface area (Å²) in [6.07, 6.45) is 0. The first-order valence-electron chi connectivity index (χ1n) is 9.66. The summed E-state index contributed by atoms with van der Waals surface area (Å²) >= 11 is 0. The van der Waals surface area contributed by atoms with Gasteiger partial charge in [0.15, 0.2) is 0 Å². The largest absolute Gasteiger partial charge is 0.385 e. The molecule has 2 aromatic rings. The average Bonchev–Trinajstić information content (AvgIpc) is 2.96. The Labute approximate surface area is 156 Å². The Morgan fingerprint density at radius 1 is 0.962 bits per heavy atom. The zero-order valence-corrected chi connectivity index (χ0v) is 16.0. The van der Waals surface area contributed by atoms with Crippen LogP contribution in [0.25, 0.3) is 0 Å². The van der Waals surface area contributed by atoms with Crippen molar-refractivity contribution in [3.05, 3.63) is 65.2 Å². The van der Waals surface area contributed by atoms with E-state index in [0.717, 1.165) is 49.5 Å². The van der Waals surface area contributed by atoms with Crippen LogP contribution in [0.15, 0.2) is 48.5 Å². The molecule has 1 heterocycles. The number of fused-ring (bicyclic) bond motifs is 1. The van der Waals surface area contributed by atoms with Gasteiger partial charge >= 0.3 is 0 Å². The standard InChI is InChI=1S/C22H29N3O/c1-4-23-20-14-10-9-13-19(20)21-17-11-7-8-12-18(17)22(26)25(21)16-15-24(5-2)6-3/h7-14,21,23H,4-6,15-16H2,1-3H3. The van der Waals surface area contributed by atoms with Crippen LogP contribution in [0.2, 0.25) is 0 Å². The van der Waals surface area contributed by atoms with Crippen LogP contribution in [0.4, 0.5) is 5.69 Å². The number of carbonyl (C=O) groups is 1. The number of hydrogen-bond donors (Lipinski definition) is 1. The molecular weight excluding hydrogens is 322 g/mol. The topological polar surface area (TPSA) is 35.6 Å². The van der Waals surface area contributed by atoms with Crippen LogP contribution in [-0.2, 0) is 0 Å². The molecule has 4 heteroatoms. The van der Waals surface area contributed by atoms with Gasteiger partial charge in [0.2, 0.25) is 0 Å². The van der Waals surface area contributed by atoms with Gasteiger partial charge in [0.1, 0.15) is 0 Å². The molecule has 2 aromatic carbocycles. The number of benzene rings is 2. The predicted octanol–water partition coefficient (Wildman–Crippen LogP) is 4.01. The highest BCUT2D eigenvalue weighted by Gasteiger charge is 2.38. The van der Waals surface area contributed by atoms with Crippen molar-refractivity contribution in [2.45, 2.75) is 26.8 Å². The third kappa shape index (κ3) is 3.47. The van der Waals surface area contributed by atoms with Crippen molar-refractivity contribution in [3.63, 3.8) is 0 Å². The van der Waals surface area contributed by atoms with E-state index >= 15 is 0 Å². The first-order valence-corrected chi connectivity index (χ1v) is 9.66. The second-order valence-electron chi connectivity index (χ2n) is 6.63. The van der Waals surface area contributed by atoms with E-state index in [1.54, 1.807) is 0 Å². The van der Waals surface area contributed by atoms with Crippen molar-refractivity contribution in [3.8, 4) is 0 Å². The second kappa shape index (κ2) is 8.37. The highest BCUT2D eigenvalue weighted by molar-refractivity contribution is 6.00. The third-order valence-corrected chi connectivity index (χ3v) is 5.23. The SMILES string of the molecule is CCNc1ccccc1C1c2ccccc2C(=O)N1CCN(CC)CC. The number of anilines is 1. The molecule has 0 spiro atoms. The quantitative estimate of drug-likeness (QED) is 0.781. The van der Waals surface area contributed by atoms with E-state index in [1.807, 2.05) is 29.2 Å². The van der Waals surface area contributed by atoms with Crippen LogP contribution in [0.1, 0.15) is 48.3 Å². The number of carbonyl (C=O) groups excluding carboxylic acids is 1. The number of nitrogens with zero attached hydrogens (tertiary/aromatic N) is 2. The molecule has 0 fully saturated rings. The molecule has 4 nitrogen and oxygen atoms in total. The van der Waals surface area contributed by atoms with Crippen LogP contribution in [0, 0.1) is 0 Å². The maximum Gasteiger partial charge on any atom is 0.255 e. The minimum atomic E-state index is -0.0236. The molecule has 0 saturated carbocycles. The monoisotopic (exact) mass is 351 g/mol. The molecule has 1 unspecified atom stereocenters. The number of likely N-dealkylation sites (N-methyl/N-ethyl adjacent to an activating group) is 1. The van der Waals surface area contributed by atoms with Gasteiger partial charge in [-0.3, -0.25) is 4.79 Å². The van der Waals surface area contributed by atoms with Crippen molar-refractivity contribution >= 4 is 11.6 Å². The maximum atomic E-state index is 13.1. The van der Waals surface area contributed by atoms with Gasteiger partial charge in [-0.2, -0.15) is 0 Å². The molecule has 1 aliphatic heterocycles. The van der Waals surface area contributed by atoms with E-state index in [9.17, 15) is 4.79 Å². The molecule has 0 aliphatic carbocycles. The molecule has 1 aliphatic rings. The Balaban J connectivity index is 1.99. The zero-order valence-electron chi connectivity index (χ0n) is 16.0. The average molecular weight is 351 g/mol. The van der Waals surface area contributed by atoms with Gasteiger partial charge in [0.05, 0.1) is 6.04 Å². The maximum absolute atomic E-state index is 13.1. The summed E-state index contributed by atoms with van der Waals surface area (Å²) in [6.45, 7) is 10.9. The first-order chi connectivity index (χ1) is 12.7. The van der Waals surface area contributed by atoms with Crippen LogP contribution in [-0.4, -0.2) is 48.4 Å². The number of para-hydroxylation sites is 1. The summed E-state index contributed by atoms with van der Waals surface area (Å²) in [5.41, 5.74) is 4.23. The smallest absolute Gasteiger partial charge is 0.255 e. The van der Waals surface area contributed by atoms with Gasteiger partial charge in [0.25, 0.3) is 5.91 Å². The lowest BCUT2D eigenvalue weighted by Gasteiger charge is -2.30. The van der Waals surface area contributed by atoms with Gasteiger partial charge in [-0.25, -0.2) is 0 Å². The number of hydrogen-bond acceptors (Lipinski definition) is 3. The summed E-state index contributed by atoms with van der Waals surface area (Å²) in [5.74, 6) is 0.143. The van der Waals surface area contributed by atoms with Crippen LogP contribution in [0.3, 0.4) is 0 Å². The molecular formula is C22H29N3O. The van der Waals surface area contributed by atoms with Gasteiger partial charge in [-0.1, -0.05) is 50.2 Å². The molecule has 0 saturated heterocycles. The minimum Gasteiger partial charge on any atom is -0.385 e. The van der Waals surface area contributed by atoms with Crippen molar-refractivity contribution in [1.82, 2.24) is 9.80 Å². The fourth-order valence-electron chi connectivity index (χ4n) is 3.81. The van der Waals surface area contributed by atoms with Gasteiger partial charge < -0.3 is 15.1 Å². The van der Waals surface area contributed by atoms with Crippen molar-refractivity contribution < 1.29 is 4.79 Å².